The molecule has 0 radical (unpaired) electrons. The first kappa shape index (κ1) is 16.7. The lowest BCUT2D eigenvalue weighted by atomic mass is 10.1. The number of rotatable bonds is 7. The van der Waals surface area contributed by atoms with Crippen molar-refractivity contribution < 1.29 is 18.3 Å². The number of methoxy groups -OCH3 is 1. The first-order chi connectivity index (χ1) is 9.57. The molecule has 0 saturated heterocycles. The van der Waals surface area contributed by atoms with Gasteiger partial charge in [-0.15, -0.1) is 0 Å². The van der Waals surface area contributed by atoms with Gasteiger partial charge in [0.2, 0.25) is 10.0 Å². The summed E-state index contributed by atoms with van der Waals surface area (Å²) in [6, 6.07) is 7.22. The molecule has 0 amide bonds. The Morgan fingerprint density at radius 1 is 1.40 bits per heavy atom. The van der Waals surface area contributed by atoms with Gasteiger partial charge in [0.1, 0.15) is 6.61 Å². The van der Waals surface area contributed by atoms with Gasteiger partial charge in [-0.2, -0.15) is 0 Å². The second-order valence-electron chi connectivity index (χ2n) is 4.15. The van der Waals surface area contributed by atoms with Crippen molar-refractivity contribution in [1.82, 2.24) is 4.72 Å². The smallest absolute Gasteiger partial charge is 0.211 e. The number of hydrogen-bond acceptors (Lipinski definition) is 4. The van der Waals surface area contributed by atoms with E-state index < -0.39 is 10.0 Å². The summed E-state index contributed by atoms with van der Waals surface area (Å²) in [5, 5.41) is 8.63. The Balaban J connectivity index is 2.56. The van der Waals surface area contributed by atoms with Gasteiger partial charge in [-0.3, -0.25) is 0 Å². The van der Waals surface area contributed by atoms with Crippen molar-refractivity contribution in [2.45, 2.75) is 13.0 Å². The predicted octanol–water partition coefficient (Wildman–Crippen LogP) is 0.486. The van der Waals surface area contributed by atoms with Gasteiger partial charge in [0.05, 0.1) is 5.75 Å². The summed E-state index contributed by atoms with van der Waals surface area (Å²) < 4.78 is 30.8. The second kappa shape index (κ2) is 8.72. The molecule has 0 unspecified atom stereocenters. The molecule has 0 aliphatic carbocycles. The van der Waals surface area contributed by atoms with Crippen LogP contribution in [0.4, 0.5) is 0 Å². The molecule has 6 heteroatoms. The van der Waals surface area contributed by atoms with E-state index in [0.717, 1.165) is 11.1 Å². The summed E-state index contributed by atoms with van der Waals surface area (Å²) in [6.45, 7) is 0.452. The number of benzene rings is 1. The summed E-state index contributed by atoms with van der Waals surface area (Å²) in [7, 11) is -1.75. The summed E-state index contributed by atoms with van der Waals surface area (Å²) in [5.41, 5.74) is 1.57. The highest BCUT2D eigenvalue weighted by Gasteiger charge is 2.09. The summed E-state index contributed by atoms with van der Waals surface area (Å²) in [4.78, 5) is 0. The van der Waals surface area contributed by atoms with E-state index in [2.05, 4.69) is 16.6 Å². The molecule has 2 N–H and O–H groups in total. The van der Waals surface area contributed by atoms with E-state index >= 15 is 0 Å². The standard InChI is InChI=1S/C14H19NO4S/c1-19-9-4-10-20(17,18)15-12-14-6-2-5-13(11-14)7-3-8-16/h2,5-6,11,15-16H,4,8-10,12H2,1H3. The molecule has 20 heavy (non-hydrogen) atoms. The molecular formula is C14H19NO4S. The molecule has 0 aromatic heterocycles. The van der Waals surface area contributed by atoms with Crippen molar-refractivity contribution in [2.24, 2.45) is 0 Å². The Morgan fingerprint density at radius 3 is 2.90 bits per heavy atom. The van der Waals surface area contributed by atoms with Crippen molar-refractivity contribution in [3.05, 3.63) is 35.4 Å². The molecule has 0 atom stereocenters. The van der Waals surface area contributed by atoms with E-state index in [1.165, 1.54) is 0 Å². The van der Waals surface area contributed by atoms with E-state index in [-0.39, 0.29) is 18.9 Å². The van der Waals surface area contributed by atoms with Gasteiger partial charge in [-0.25, -0.2) is 13.1 Å². The van der Waals surface area contributed by atoms with Crippen molar-refractivity contribution in [3.8, 4) is 11.8 Å². The summed E-state index contributed by atoms with van der Waals surface area (Å²) in [5.74, 6) is 5.38. The highest BCUT2D eigenvalue weighted by atomic mass is 32.2. The second-order valence-corrected chi connectivity index (χ2v) is 6.07. The highest BCUT2D eigenvalue weighted by molar-refractivity contribution is 7.89. The molecule has 0 bridgehead atoms. The minimum absolute atomic E-state index is 0.0465. The van der Waals surface area contributed by atoms with Gasteiger partial charge in [0.25, 0.3) is 0 Å². The topological polar surface area (TPSA) is 75.6 Å². The van der Waals surface area contributed by atoms with E-state index in [1.807, 2.05) is 6.07 Å². The number of hydrogen-bond donors (Lipinski definition) is 2. The van der Waals surface area contributed by atoms with E-state index in [9.17, 15) is 8.42 Å². The van der Waals surface area contributed by atoms with Gasteiger partial charge in [0.15, 0.2) is 0 Å². The van der Waals surface area contributed by atoms with Crippen LogP contribution in [0.3, 0.4) is 0 Å². The zero-order valence-electron chi connectivity index (χ0n) is 11.4. The Morgan fingerprint density at radius 2 is 2.20 bits per heavy atom. The highest BCUT2D eigenvalue weighted by Crippen LogP contribution is 2.04. The molecule has 5 nitrogen and oxygen atoms in total. The van der Waals surface area contributed by atoms with Crippen LogP contribution in [0.1, 0.15) is 17.5 Å². The van der Waals surface area contributed by atoms with Crippen LogP contribution in [-0.2, 0) is 21.3 Å². The van der Waals surface area contributed by atoms with Gasteiger partial charge >= 0.3 is 0 Å². The number of aliphatic hydroxyl groups is 1. The van der Waals surface area contributed by atoms with Gasteiger partial charge in [-0.05, 0) is 24.1 Å². The van der Waals surface area contributed by atoms with Crippen molar-refractivity contribution in [1.29, 1.82) is 0 Å². The molecule has 0 saturated carbocycles. The SMILES string of the molecule is COCCCS(=O)(=O)NCc1cccc(C#CCO)c1. The molecule has 0 fully saturated rings. The maximum atomic E-state index is 11.7. The Hall–Kier alpha value is -1.39. The molecule has 1 rings (SSSR count). The van der Waals surface area contributed by atoms with E-state index in [1.54, 1.807) is 25.3 Å². The maximum absolute atomic E-state index is 11.7. The number of sulfonamides is 1. The van der Waals surface area contributed by atoms with Crippen LogP contribution in [0.15, 0.2) is 24.3 Å². The normalized spacial score (nSPS) is 10.9. The third kappa shape index (κ3) is 6.68. The van der Waals surface area contributed by atoms with E-state index in [0.29, 0.717) is 13.0 Å². The number of aliphatic hydroxyl groups excluding tert-OH is 1. The Labute approximate surface area is 120 Å². The molecule has 0 heterocycles. The fraction of sp³-hybridized carbons (Fsp3) is 0.429. The largest absolute Gasteiger partial charge is 0.385 e. The van der Waals surface area contributed by atoms with Crippen LogP contribution in [-0.4, -0.2) is 39.6 Å². The minimum atomic E-state index is -3.29. The molecule has 1 aromatic carbocycles. The molecule has 110 valence electrons. The average Bonchev–Trinajstić information content (AvgIpc) is 2.44. The summed E-state index contributed by atoms with van der Waals surface area (Å²) in [6.07, 6.45) is 0.466. The van der Waals surface area contributed by atoms with Crippen LogP contribution in [0, 0.1) is 11.8 Å². The monoisotopic (exact) mass is 297 g/mol. The first-order valence-electron chi connectivity index (χ1n) is 6.22. The third-order valence-corrected chi connectivity index (χ3v) is 3.91. The van der Waals surface area contributed by atoms with Gasteiger partial charge in [0, 0.05) is 25.8 Å². The number of ether oxygens (including phenoxy) is 1. The van der Waals surface area contributed by atoms with Crippen molar-refractivity contribution in [2.75, 3.05) is 26.1 Å². The van der Waals surface area contributed by atoms with Gasteiger partial charge < -0.3 is 9.84 Å². The van der Waals surface area contributed by atoms with Gasteiger partial charge in [-0.1, -0.05) is 24.0 Å². The zero-order chi connectivity index (χ0) is 14.8. The van der Waals surface area contributed by atoms with Crippen LogP contribution in [0.5, 0.6) is 0 Å². The van der Waals surface area contributed by atoms with Crippen molar-refractivity contribution in [3.63, 3.8) is 0 Å². The minimum Gasteiger partial charge on any atom is -0.385 e. The quantitative estimate of drug-likeness (QED) is 0.567. The fourth-order valence-corrected chi connectivity index (χ4v) is 2.59. The molecule has 0 aliphatic rings. The molecular weight excluding hydrogens is 278 g/mol. The average molecular weight is 297 g/mol. The summed E-state index contributed by atoms with van der Waals surface area (Å²) >= 11 is 0. The Kier molecular flexibility index (Phi) is 7.26. The maximum Gasteiger partial charge on any atom is 0.211 e. The van der Waals surface area contributed by atoms with Crippen LogP contribution in [0.2, 0.25) is 0 Å². The lowest BCUT2D eigenvalue weighted by Crippen LogP contribution is -2.26. The first-order valence-corrected chi connectivity index (χ1v) is 7.87. The Bertz CT molecular complexity index is 572. The van der Waals surface area contributed by atoms with Crippen LogP contribution < -0.4 is 4.72 Å². The van der Waals surface area contributed by atoms with E-state index in [4.69, 9.17) is 9.84 Å². The lowest BCUT2D eigenvalue weighted by Gasteiger charge is -2.07. The van der Waals surface area contributed by atoms with Crippen LogP contribution in [0.25, 0.3) is 0 Å². The molecule has 0 aliphatic heterocycles. The molecule has 1 aromatic rings. The molecule has 0 spiro atoms. The van der Waals surface area contributed by atoms with Crippen LogP contribution >= 0.6 is 0 Å². The van der Waals surface area contributed by atoms with Crippen molar-refractivity contribution >= 4 is 10.0 Å². The third-order valence-electron chi connectivity index (χ3n) is 2.50. The zero-order valence-corrected chi connectivity index (χ0v) is 12.2. The fourth-order valence-electron chi connectivity index (χ4n) is 1.56. The predicted molar refractivity (Wildman–Crippen MR) is 77.5 cm³/mol. The lowest BCUT2D eigenvalue weighted by molar-refractivity contribution is 0.199. The number of nitrogens with one attached hydrogen (secondary N) is 1.